The maximum Gasteiger partial charge on any atom is 0.0833 e. The minimum Gasteiger partial charge on any atom is -0.390 e. The average Bonchev–Trinajstić information content (AvgIpc) is 2.23. The molecule has 0 rings (SSSR count). The summed E-state index contributed by atoms with van der Waals surface area (Å²) in [5.74, 6) is 0. The number of aliphatic hydroxyl groups is 1. The molecule has 0 aromatic rings. The zero-order chi connectivity index (χ0) is 11.5. The first kappa shape index (κ1) is 14.9. The molecule has 0 aliphatic carbocycles. The highest BCUT2D eigenvalue weighted by Gasteiger charge is 2.17. The van der Waals surface area contributed by atoms with Crippen molar-refractivity contribution in [2.45, 2.75) is 77.9 Å². The van der Waals surface area contributed by atoms with Gasteiger partial charge in [-0.15, -0.1) is 0 Å². The second kappa shape index (κ2) is 10.4. The summed E-state index contributed by atoms with van der Waals surface area (Å²) in [4.78, 5) is 0. The summed E-state index contributed by atoms with van der Waals surface area (Å²) in [5, 5.41) is 9.87. The van der Waals surface area contributed by atoms with E-state index in [1.807, 2.05) is 0 Å². The Hall–Kier alpha value is -0.0800. The Bertz CT molecular complexity index is 126. The lowest BCUT2D eigenvalue weighted by molar-refractivity contribution is -0.0458. The Labute approximate surface area is 95.0 Å². The molecule has 0 amide bonds. The lowest BCUT2D eigenvalue weighted by Gasteiger charge is -2.22. The van der Waals surface area contributed by atoms with E-state index in [1.54, 1.807) is 0 Å². The fourth-order valence-electron chi connectivity index (χ4n) is 1.74. The largest absolute Gasteiger partial charge is 0.390 e. The third-order valence-corrected chi connectivity index (χ3v) is 2.67. The van der Waals surface area contributed by atoms with E-state index in [2.05, 4.69) is 20.8 Å². The van der Waals surface area contributed by atoms with Crippen LogP contribution in [0.1, 0.15) is 65.7 Å². The normalized spacial score (nSPS) is 15.2. The van der Waals surface area contributed by atoms with Crippen LogP contribution in [0.4, 0.5) is 0 Å². The Kier molecular flexibility index (Phi) is 10.4. The lowest BCUT2D eigenvalue weighted by Crippen LogP contribution is -2.29. The molecule has 2 atom stereocenters. The molecule has 0 aromatic heterocycles. The number of rotatable bonds is 10. The molecule has 2 nitrogen and oxygen atoms in total. The standard InChI is InChI=1S/C13H28O2/c1-4-7-8-11-15-13(10-6-3)12(14)9-5-2/h12-14H,4-11H2,1-3H3. The number of hydrogen-bond donors (Lipinski definition) is 1. The first-order chi connectivity index (χ1) is 7.26. The van der Waals surface area contributed by atoms with Crippen LogP contribution in [0.5, 0.6) is 0 Å². The van der Waals surface area contributed by atoms with Gasteiger partial charge < -0.3 is 9.84 Å². The van der Waals surface area contributed by atoms with Crippen LogP contribution in [0, 0.1) is 0 Å². The van der Waals surface area contributed by atoms with Gasteiger partial charge in [0.1, 0.15) is 0 Å². The molecule has 92 valence electrons. The summed E-state index contributed by atoms with van der Waals surface area (Å²) < 4.78 is 5.75. The number of aliphatic hydroxyl groups excluding tert-OH is 1. The Morgan fingerprint density at radius 2 is 1.60 bits per heavy atom. The van der Waals surface area contributed by atoms with Gasteiger partial charge in [-0.3, -0.25) is 0 Å². The van der Waals surface area contributed by atoms with Crippen LogP contribution in [0.25, 0.3) is 0 Å². The molecule has 15 heavy (non-hydrogen) atoms. The van der Waals surface area contributed by atoms with Crippen LogP contribution < -0.4 is 0 Å². The number of ether oxygens (including phenoxy) is 1. The van der Waals surface area contributed by atoms with Gasteiger partial charge in [-0.2, -0.15) is 0 Å². The van der Waals surface area contributed by atoms with Gasteiger partial charge in [0.25, 0.3) is 0 Å². The van der Waals surface area contributed by atoms with Crippen LogP contribution in [0.2, 0.25) is 0 Å². The molecule has 1 N–H and O–H groups in total. The quantitative estimate of drug-likeness (QED) is 0.566. The van der Waals surface area contributed by atoms with E-state index in [0.717, 1.165) is 38.7 Å². The van der Waals surface area contributed by atoms with Gasteiger partial charge >= 0.3 is 0 Å². The molecule has 0 radical (unpaired) electrons. The van der Waals surface area contributed by atoms with E-state index in [1.165, 1.54) is 12.8 Å². The maximum atomic E-state index is 9.87. The molecule has 0 saturated carbocycles. The summed E-state index contributed by atoms with van der Waals surface area (Å²) >= 11 is 0. The zero-order valence-electron chi connectivity index (χ0n) is 10.7. The second-order valence-corrected chi connectivity index (χ2v) is 4.26. The van der Waals surface area contributed by atoms with Crippen LogP contribution in [0.15, 0.2) is 0 Å². The smallest absolute Gasteiger partial charge is 0.0833 e. The predicted octanol–water partition coefficient (Wildman–Crippen LogP) is 3.52. The number of hydrogen-bond acceptors (Lipinski definition) is 2. The van der Waals surface area contributed by atoms with Crippen molar-refractivity contribution in [1.29, 1.82) is 0 Å². The van der Waals surface area contributed by atoms with Crippen LogP contribution in [0.3, 0.4) is 0 Å². The van der Waals surface area contributed by atoms with Gasteiger partial charge in [-0.25, -0.2) is 0 Å². The van der Waals surface area contributed by atoms with Crippen molar-refractivity contribution < 1.29 is 9.84 Å². The molecule has 0 aliphatic heterocycles. The van der Waals surface area contributed by atoms with E-state index < -0.39 is 0 Å². The van der Waals surface area contributed by atoms with Crippen molar-refractivity contribution in [3.05, 3.63) is 0 Å². The second-order valence-electron chi connectivity index (χ2n) is 4.26. The summed E-state index contributed by atoms with van der Waals surface area (Å²) in [5.41, 5.74) is 0. The molecule has 2 heteroatoms. The Balaban J connectivity index is 3.71. The molecule has 0 spiro atoms. The molecule has 2 unspecified atom stereocenters. The van der Waals surface area contributed by atoms with Crippen LogP contribution in [-0.2, 0) is 4.74 Å². The van der Waals surface area contributed by atoms with E-state index in [-0.39, 0.29) is 12.2 Å². The van der Waals surface area contributed by atoms with Crippen molar-refractivity contribution in [2.24, 2.45) is 0 Å². The fraction of sp³-hybridized carbons (Fsp3) is 1.00. The zero-order valence-corrected chi connectivity index (χ0v) is 10.7. The minimum atomic E-state index is -0.267. The number of unbranched alkanes of at least 4 members (excludes halogenated alkanes) is 2. The molecule has 0 heterocycles. The predicted molar refractivity (Wildman–Crippen MR) is 65.1 cm³/mol. The van der Waals surface area contributed by atoms with Crippen molar-refractivity contribution in [2.75, 3.05) is 6.61 Å². The molecular weight excluding hydrogens is 188 g/mol. The summed E-state index contributed by atoms with van der Waals surface area (Å²) in [7, 11) is 0. The van der Waals surface area contributed by atoms with Crippen molar-refractivity contribution >= 4 is 0 Å². The molecule has 0 aromatic carbocycles. The third-order valence-electron chi connectivity index (χ3n) is 2.67. The van der Waals surface area contributed by atoms with E-state index in [9.17, 15) is 5.11 Å². The van der Waals surface area contributed by atoms with Crippen LogP contribution in [-0.4, -0.2) is 23.9 Å². The third kappa shape index (κ3) is 7.80. The highest BCUT2D eigenvalue weighted by molar-refractivity contribution is 4.68. The van der Waals surface area contributed by atoms with Crippen molar-refractivity contribution in [3.8, 4) is 0 Å². The first-order valence-corrected chi connectivity index (χ1v) is 6.55. The Morgan fingerprint density at radius 3 is 2.13 bits per heavy atom. The van der Waals surface area contributed by atoms with Gasteiger partial charge in [0, 0.05) is 6.61 Å². The van der Waals surface area contributed by atoms with E-state index >= 15 is 0 Å². The highest BCUT2D eigenvalue weighted by Crippen LogP contribution is 2.13. The molecule has 0 bridgehead atoms. The SMILES string of the molecule is CCCCCOC(CCC)C(O)CCC. The molecular formula is C13H28O2. The lowest BCUT2D eigenvalue weighted by atomic mass is 10.0. The van der Waals surface area contributed by atoms with Gasteiger partial charge in [-0.1, -0.05) is 46.5 Å². The maximum absolute atomic E-state index is 9.87. The molecule has 0 saturated heterocycles. The summed E-state index contributed by atoms with van der Waals surface area (Å²) in [6.45, 7) is 7.24. The average molecular weight is 216 g/mol. The van der Waals surface area contributed by atoms with Crippen molar-refractivity contribution in [1.82, 2.24) is 0 Å². The molecule has 0 aliphatic rings. The van der Waals surface area contributed by atoms with E-state index in [4.69, 9.17) is 4.74 Å². The van der Waals surface area contributed by atoms with Gasteiger partial charge in [0.2, 0.25) is 0 Å². The van der Waals surface area contributed by atoms with E-state index in [0.29, 0.717) is 0 Å². The highest BCUT2D eigenvalue weighted by atomic mass is 16.5. The van der Waals surface area contributed by atoms with Crippen LogP contribution >= 0.6 is 0 Å². The summed E-state index contributed by atoms with van der Waals surface area (Å²) in [6, 6.07) is 0. The van der Waals surface area contributed by atoms with Crippen molar-refractivity contribution in [3.63, 3.8) is 0 Å². The first-order valence-electron chi connectivity index (χ1n) is 6.55. The summed E-state index contributed by atoms with van der Waals surface area (Å²) in [6.07, 6.45) is 7.31. The fourth-order valence-corrected chi connectivity index (χ4v) is 1.74. The monoisotopic (exact) mass is 216 g/mol. The van der Waals surface area contributed by atoms with Gasteiger partial charge in [0.15, 0.2) is 0 Å². The Morgan fingerprint density at radius 1 is 0.933 bits per heavy atom. The molecule has 0 fully saturated rings. The minimum absolute atomic E-state index is 0.0619. The topological polar surface area (TPSA) is 29.5 Å². The van der Waals surface area contributed by atoms with Gasteiger partial charge in [0.05, 0.1) is 12.2 Å². The van der Waals surface area contributed by atoms with Gasteiger partial charge in [-0.05, 0) is 19.3 Å².